The molecule has 0 spiro atoms. The van der Waals surface area contributed by atoms with Crippen LogP contribution in [0.2, 0.25) is 0 Å². The van der Waals surface area contributed by atoms with Gasteiger partial charge in [0.2, 0.25) is 0 Å². The highest BCUT2D eigenvalue weighted by Gasteiger charge is 2.19. The Morgan fingerprint density at radius 3 is 2.72 bits per heavy atom. The number of methoxy groups -OCH3 is 1. The van der Waals surface area contributed by atoms with E-state index >= 15 is 0 Å². The van der Waals surface area contributed by atoms with Gasteiger partial charge in [-0.25, -0.2) is 0 Å². The predicted molar refractivity (Wildman–Crippen MR) is 94.3 cm³/mol. The SMILES string of the molecule is COCCN(Cc1cccnc1)C(=O)c1ccc(N2CCCC2)nn1. The van der Waals surface area contributed by atoms with Crippen molar-refractivity contribution in [1.82, 2.24) is 20.1 Å². The minimum absolute atomic E-state index is 0.152. The van der Waals surface area contributed by atoms with Gasteiger partial charge in [0.1, 0.15) is 0 Å². The van der Waals surface area contributed by atoms with Crippen molar-refractivity contribution in [3.8, 4) is 0 Å². The number of hydrogen-bond donors (Lipinski definition) is 0. The van der Waals surface area contributed by atoms with Crippen LogP contribution in [0.25, 0.3) is 0 Å². The predicted octanol–water partition coefficient (Wildman–Crippen LogP) is 1.76. The van der Waals surface area contributed by atoms with Crippen molar-refractivity contribution in [2.45, 2.75) is 19.4 Å². The number of nitrogens with zero attached hydrogens (tertiary/aromatic N) is 5. The first-order valence-corrected chi connectivity index (χ1v) is 8.54. The minimum atomic E-state index is -0.152. The van der Waals surface area contributed by atoms with Crippen molar-refractivity contribution >= 4 is 11.7 Å². The summed E-state index contributed by atoms with van der Waals surface area (Å²) in [5, 5.41) is 8.39. The summed E-state index contributed by atoms with van der Waals surface area (Å²) in [4.78, 5) is 20.8. The molecule has 2 aromatic heterocycles. The number of carbonyl (C=O) groups is 1. The van der Waals surface area contributed by atoms with Crippen LogP contribution in [-0.2, 0) is 11.3 Å². The fourth-order valence-electron chi connectivity index (χ4n) is 2.88. The fourth-order valence-corrected chi connectivity index (χ4v) is 2.88. The maximum atomic E-state index is 12.8. The van der Waals surface area contributed by atoms with Gasteiger partial charge in [-0.3, -0.25) is 9.78 Å². The number of anilines is 1. The van der Waals surface area contributed by atoms with Crippen molar-refractivity contribution in [3.05, 3.63) is 47.9 Å². The van der Waals surface area contributed by atoms with E-state index in [1.165, 1.54) is 12.8 Å². The molecule has 0 radical (unpaired) electrons. The Labute approximate surface area is 147 Å². The van der Waals surface area contributed by atoms with E-state index in [4.69, 9.17) is 4.74 Å². The van der Waals surface area contributed by atoms with E-state index in [-0.39, 0.29) is 5.91 Å². The van der Waals surface area contributed by atoms with Gasteiger partial charge in [0.15, 0.2) is 11.5 Å². The minimum Gasteiger partial charge on any atom is -0.383 e. The molecule has 0 bridgehead atoms. The number of carbonyl (C=O) groups excluding carboxylic acids is 1. The van der Waals surface area contributed by atoms with Gasteiger partial charge in [0, 0.05) is 45.7 Å². The smallest absolute Gasteiger partial charge is 0.274 e. The van der Waals surface area contributed by atoms with E-state index in [1.54, 1.807) is 30.5 Å². The summed E-state index contributed by atoms with van der Waals surface area (Å²) >= 11 is 0. The van der Waals surface area contributed by atoms with Crippen LogP contribution in [0.1, 0.15) is 28.9 Å². The normalized spacial score (nSPS) is 13.9. The lowest BCUT2D eigenvalue weighted by Gasteiger charge is -2.22. The quantitative estimate of drug-likeness (QED) is 0.764. The van der Waals surface area contributed by atoms with Gasteiger partial charge < -0.3 is 14.5 Å². The maximum Gasteiger partial charge on any atom is 0.274 e. The summed E-state index contributed by atoms with van der Waals surface area (Å²) < 4.78 is 5.13. The lowest BCUT2D eigenvalue weighted by atomic mass is 10.2. The van der Waals surface area contributed by atoms with Crippen molar-refractivity contribution in [1.29, 1.82) is 0 Å². The van der Waals surface area contributed by atoms with Gasteiger partial charge in [-0.1, -0.05) is 6.07 Å². The zero-order chi connectivity index (χ0) is 17.5. The Kier molecular flexibility index (Phi) is 5.90. The fraction of sp³-hybridized carbons (Fsp3) is 0.444. The van der Waals surface area contributed by atoms with Crippen LogP contribution in [0.4, 0.5) is 5.82 Å². The second kappa shape index (κ2) is 8.53. The molecule has 0 aromatic carbocycles. The Morgan fingerprint density at radius 1 is 1.24 bits per heavy atom. The molecule has 1 saturated heterocycles. The number of pyridine rings is 1. The molecule has 25 heavy (non-hydrogen) atoms. The molecule has 1 fully saturated rings. The highest BCUT2D eigenvalue weighted by atomic mass is 16.5. The highest BCUT2D eigenvalue weighted by molar-refractivity contribution is 5.92. The molecule has 0 N–H and O–H groups in total. The van der Waals surface area contributed by atoms with Crippen LogP contribution in [0.3, 0.4) is 0 Å². The maximum absolute atomic E-state index is 12.8. The summed E-state index contributed by atoms with van der Waals surface area (Å²) in [5.74, 6) is 0.686. The Morgan fingerprint density at radius 2 is 2.08 bits per heavy atom. The zero-order valence-electron chi connectivity index (χ0n) is 14.5. The molecule has 2 aromatic rings. The van der Waals surface area contributed by atoms with Crippen LogP contribution >= 0.6 is 0 Å². The number of rotatable bonds is 7. The molecule has 7 nitrogen and oxygen atoms in total. The number of amides is 1. The molecule has 0 unspecified atom stereocenters. The Balaban J connectivity index is 1.71. The van der Waals surface area contributed by atoms with Crippen LogP contribution < -0.4 is 4.90 Å². The van der Waals surface area contributed by atoms with E-state index in [2.05, 4.69) is 20.1 Å². The van der Waals surface area contributed by atoms with Crippen molar-refractivity contribution < 1.29 is 9.53 Å². The molecule has 1 amide bonds. The first-order valence-electron chi connectivity index (χ1n) is 8.54. The summed E-state index contributed by atoms with van der Waals surface area (Å²) in [7, 11) is 1.62. The molecule has 1 aliphatic heterocycles. The third kappa shape index (κ3) is 4.51. The third-order valence-electron chi connectivity index (χ3n) is 4.25. The second-order valence-electron chi connectivity index (χ2n) is 6.05. The van der Waals surface area contributed by atoms with Crippen LogP contribution in [-0.4, -0.2) is 59.3 Å². The van der Waals surface area contributed by atoms with Gasteiger partial charge in [0.25, 0.3) is 5.91 Å². The molecule has 3 rings (SSSR count). The topological polar surface area (TPSA) is 71.5 Å². The van der Waals surface area contributed by atoms with E-state index in [0.717, 1.165) is 24.5 Å². The molecule has 0 atom stereocenters. The summed E-state index contributed by atoms with van der Waals surface area (Å²) in [6, 6.07) is 7.44. The molecular weight excluding hydrogens is 318 g/mol. The monoisotopic (exact) mass is 341 g/mol. The van der Waals surface area contributed by atoms with Crippen molar-refractivity contribution in [2.75, 3.05) is 38.3 Å². The van der Waals surface area contributed by atoms with Crippen LogP contribution in [0.15, 0.2) is 36.7 Å². The molecule has 7 heteroatoms. The molecule has 3 heterocycles. The molecule has 0 aliphatic carbocycles. The standard InChI is InChI=1S/C18H23N5O2/c1-25-12-11-23(14-15-5-4-8-19-13-15)18(24)16-6-7-17(21-20-16)22-9-2-3-10-22/h4-8,13H,2-3,9-12,14H2,1H3. The first-order chi connectivity index (χ1) is 12.3. The number of aromatic nitrogens is 3. The van der Waals surface area contributed by atoms with Crippen molar-refractivity contribution in [3.63, 3.8) is 0 Å². The van der Waals surface area contributed by atoms with E-state index in [1.807, 2.05) is 18.2 Å². The number of ether oxygens (including phenoxy) is 1. The largest absolute Gasteiger partial charge is 0.383 e. The third-order valence-corrected chi connectivity index (χ3v) is 4.25. The van der Waals surface area contributed by atoms with E-state index in [9.17, 15) is 4.79 Å². The number of hydrogen-bond acceptors (Lipinski definition) is 6. The van der Waals surface area contributed by atoms with Gasteiger partial charge in [-0.15, -0.1) is 10.2 Å². The Hall–Kier alpha value is -2.54. The average molecular weight is 341 g/mol. The second-order valence-corrected chi connectivity index (χ2v) is 6.05. The van der Waals surface area contributed by atoms with E-state index < -0.39 is 0 Å². The average Bonchev–Trinajstić information content (AvgIpc) is 3.20. The van der Waals surface area contributed by atoms with Gasteiger partial charge in [-0.2, -0.15) is 0 Å². The summed E-state index contributed by atoms with van der Waals surface area (Å²) in [5.41, 5.74) is 1.32. The lowest BCUT2D eigenvalue weighted by Crippen LogP contribution is -2.34. The van der Waals surface area contributed by atoms with Gasteiger partial charge in [0.05, 0.1) is 6.61 Å². The molecular formula is C18H23N5O2. The van der Waals surface area contributed by atoms with E-state index in [0.29, 0.717) is 25.4 Å². The van der Waals surface area contributed by atoms with Crippen LogP contribution in [0, 0.1) is 0 Å². The first kappa shape index (κ1) is 17.3. The summed E-state index contributed by atoms with van der Waals surface area (Å²) in [6.07, 6.45) is 5.83. The molecule has 1 aliphatic rings. The lowest BCUT2D eigenvalue weighted by molar-refractivity contribution is 0.0673. The zero-order valence-corrected chi connectivity index (χ0v) is 14.5. The van der Waals surface area contributed by atoms with Gasteiger partial charge in [-0.05, 0) is 36.6 Å². The molecule has 132 valence electrons. The van der Waals surface area contributed by atoms with Gasteiger partial charge >= 0.3 is 0 Å². The van der Waals surface area contributed by atoms with Crippen molar-refractivity contribution in [2.24, 2.45) is 0 Å². The Bertz CT molecular complexity index is 672. The van der Waals surface area contributed by atoms with Crippen LogP contribution in [0.5, 0.6) is 0 Å². The molecule has 0 saturated carbocycles. The summed E-state index contributed by atoms with van der Waals surface area (Å²) in [6.45, 7) is 3.42. The highest BCUT2D eigenvalue weighted by Crippen LogP contribution is 2.17.